The van der Waals surface area contributed by atoms with E-state index in [1.807, 2.05) is 18.2 Å². The molecule has 0 bridgehead atoms. The summed E-state index contributed by atoms with van der Waals surface area (Å²) in [4.78, 5) is 12.2. The molecule has 5 heteroatoms. The predicted octanol–water partition coefficient (Wildman–Crippen LogP) is 5.21. The van der Waals surface area contributed by atoms with Crippen LogP contribution in [0, 0.1) is 0 Å². The summed E-state index contributed by atoms with van der Waals surface area (Å²) in [6.45, 7) is 0. The van der Waals surface area contributed by atoms with Crippen molar-refractivity contribution in [2.45, 2.75) is 0 Å². The van der Waals surface area contributed by atoms with Crippen LogP contribution in [0.25, 0.3) is 17.4 Å². The Kier molecular flexibility index (Phi) is 4.91. The summed E-state index contributed by atoms with van der Waals surface area (Å²) in [7, 11) is 1.49. The van der Waals surface area contributed by atoms with Gasteiger partial charge in [-0.05, 0) is 48.6 Å². The first-order chi connectivity index (χ1) is 12.1. The van der Waals surface area contributed by atoms with Crippen molar-refractivity contribution in [1.29, 1.82) is 0 Å². The Morgan fingerprint density at radius 3 is 2.68 bits per heavy atom. The van der Waals surface area contributed by atoms with Crippen LogP contribution in [0.4, 0.5) is 0 Å². The van der Waals surface area contributed by atoms with E-state index in [1.165, 1.54) is 25.3 Å². The molecule has 4 nitrogen and oxygen atoms in total. The van der Waals surface area contributed by atoms with E-state index in [4.69, 9.17) is 20.8 Å². The van der Waals surface area contributed by atoms with E-state index in [1.54, 1.807) is 30.3 Å². The van der Waals surface area contributed by atoms with E-state index < -0.39 is 0 Å². The minimum Gasteiger partial charge on any atom is -0.507 e. The van der Waals surface area contributed by atoms with E-state index in [0.29, 0.717) is 22.3 Å². The molecule has 0 amide bonds. The minimum absolute atomic E-state index is 0.134. The molecule has 0 spiro atoms. The summed E-state index contributed by atoms with van der Waals surface area (Å²) in [6, 6.07) is 15.4. The molecule has 0 aliphatic rings. The molecule has 0 radical (unpaired) electrons. The molecule has 0 saturated heterocycles. The van der Waals surface area contributed by atoms with Gasteiger partial charge in [-0.25, -0.2) is 0 Å². The Morgan fingerprint density at radius 1 is 1.16 bits per heavy atom. The highest BCUT2D eigenvalue weighted by atomic mass is 35.5. The number of ketones is 1. The number of allylic oxidation sites excluding steroid dienone is 1. The second-order valence-electron chi connectivity index (χ2n) is 5.26. The number of hydrogen-bond donors (Lipinski definition) is 1. The molecular formula is C20H15ClO4. The van der Waals surface area contributed by atoms with Gasteiger partial charge in [0.1, 0.15) is 23.0 Å². The molecule has 25 heavy (non-hydrogen) atoms. The van der Waals surface area contributed by atoms with E-state index in [9.17, 15) is 9.90 Å². The van der Waals surface area contributed by atoms with Gasteiger partial charge in [0.05, 0.1) is 17.7 Å². The number of carbonyl (C=O) groups is 1. The predicted molar refractivity (Wildman–Crippen MR) is 97.2 cm³/mol. The zero-order valence-corrected chi connectivity index (χ0v) is 14.2. The van der Waals surface area contributed by atoms with Crippen molar-refractivity contribution in [3.05, 3.63) is 77.0 Å². The second-order valence-corrected chi connectivity index (χ2v) is 5.67. The van der Waals surface area contributed by atoms with Crippen LogP contribution in [0.1, 0.15) is 16.1 Å². The van der Waals surface area contributed by atoms with Gasteiger partial charge >= 0.3 is 0 Å². The minimum atomic E-state index is -0.337. The van der Waals surface area contributed by atoms with Crippen molar-refractivity contribution in [2.24, 2.45) is 0 Å². The fraction of sp³-hybridized carbons (Fsp3) is 0.0500. The van der Waals surface area contributed by atoms with Crippen molar-refractivity contribution in [3.63, 3.8) is 0 Å². The number of furan rings is 1. The monoisotopic (exact) mass is 354 g/mol. The number of benzene rings is 2. The molecule has 3 aromatic rings. The largest absolute Gasteiger partial charge is 0.507 e. The molecule has 0 unspecified atom stereocenters. The fourth-order valence-electron chi connectivity index (χ4n) is 2.34. The van der Waals surface area contributed by atoms with E-state index in [0.717, 1.165) is 5.56 Å². The molecule has 0 aliphatic carbocycles. The van der Waals surface area contributed by atoms with Crippen LogP contribution in [0.15, 0.2) is 65.1 Å². The smallest absolute Gasteiger partial charge is 0.189 e. The molecular weight excluding hydrogens is 340 g/mol. The average Bonchev–Trinajstić information content (AvgIpc) is 3.08. The lowest BCUT2D eigenvalue weighted by Crippen LogP contribution is -1.95. The molecule has 0 aliphatic heterocycles. The number of phenolic OH excluding ortho intramolecular Hbond substituents is 1. The van der Waals surface area contributed by atoms with Crippen molar-refractivity contribution in [1.82, 2.24) is 0 Å². The van der Waals surface area contributed by atoms with E-state index >= 15 is 0 Å². The van der Waals surface area contributed by atoms with E-state index in [2.05, 4.69) is 0 Å². The number of phenols is 1. The second kappa shape index (κ2) is 7.28. The van der Waals surface area contributed by atoms with Gasteiger partial charge in [-0.3, -0.25) is 4.79 Å². The lowest BCUT2D eigenvalue weighted by molar-refractivity contribution is 0.104. The summed E-state index contributed by atoms with van der Waals surface area (Å²) in [5, 5.41) is 10.5. The maximum atomic E-state index is 12.2. The third kappa shape index (κ3) is 3.75. The summed E-state index contributed by atoms with van der Waals surface area (Å²) in [5.41, 5.74) is 0.970. The third-order valence-electron chi connectivity index (χ3n) is 3.64. The molecule has 1 aromatic heterocycles. The Bertz CT molecular complexity index is 940. The first kappa shape index (κ1) is 16.9. The molecule has 2 aromatic carbocycles. The van der Waals surface area contributed by atoms with Crippen LogP contribution in [0.5, 0.6) is 11.5 Å². The van der Waals surface area contributed by atoms with Crippen molar-refractivity contribution in [3.8, 4) is 22.8 Å². The van der Waals surface area contributed by atoms with Crippen LogP contribution in [-0.2, 0) is 0 Å². The van der Waals surface area contributed by atoms with Gasteiger partial charge in [-0.2, -0.15) is 0 Å². The molecule has 3 rings (SSSR count). The molecule has 1 heterocycles. The molecule has 1 N–H and O–H groups in total. The first-order valence-electron chi connectivity index (χ1n) is 7.52. The van der Waals surface area contributed by atoms with Gasteiger partial charge in [0.15, 0.2) is 5.78 Å². The average molecular weight is 355 g/mol. The third-order valence-corrected chi connectivity index (χ3v) is 3.97. The van der Waals surface area contributed by atoms with Crippen LogP contribution >= 0.6 is 11.6 Å². The number of rotatable bonds is 5. The number of halogens is 1. The highest BCUT2D eigenvalue weighted by Crippen LogP contribution is 2.29. The highest BCUT2D eigenvalue weighted by Gasteiger charge is 2.10. The van der Waals surface area contributed by atoms with Crippen molar-refractivity contribution in [2.75, 3.05) is 7.11 Å². The van der Waals surface area contributed by atoms with Crippen LogP contribution < -0.4 is 4.74 Å². The number of ether oxygens (including phenoxy) is 1. The van der Waals surface area contributed by atoms with Gasteiger partial charge in [-0.1, -0.05) is 23.7 Å². The van der Waals surface area contributed by atoms with Crippen molar-refractivity contribution >= 4 is 23.5 Å². The summed E-state index contributed by atoms with van der Waals surface area (Å²) in [5.74, 6) is 1.13. The maximum Gasteiger partial charge on any atom is 0.189 e. The van der Waals surface area contributed by atoms with Gasteiger partial charge in [0.2, 0.25) is 0 Å². The van der Waals surface area contributed by atoms with Crippen LogP contribution in [-0.4, -0.2) is 18.0 Å². The zero-order valence-electron chi connectivity index (χ0n) is 13.4. The lowest BCUT2D eigenvalue weighted by atomic mass is 10.1. The number of aromatic hydroxyl groups is 1. The zero-order chi connectivity index (χ0) is 17.8. The molecule has 0 fully saturated rings. The van der Waals surface area contributed by atoms with Crippen LogP contribution in [0.2, 0.25) is 5.02 Å². The van der Waals surface area contributed by atoms with Gasteiger partial charge in [0, 0.05) is 11.6 Å². The quantitative estimate of drug-likeness (QED) is 0.504. The van der Waals surface area contributed by atoms with Gasteiger partial charge in [-0.15, -0.1) is 0 Å². The SMILES string of the molecule is COc1ccc(C(=O)C=Cc2ccc(-c3ccccc3Cl)o2)c(O)c1. The Hall–Kier alpha value is -2.98. The molecule has 0 saturated carbocycles. The summed E-state index contributed by atoms with van der Waals surface area (Å²) < 4.78 is 10.7. The van der Waals surface area contributed by atoms with Gasteiger partial charge in [0.25, 0.3) is 0 Å². The highest BCUT2D eigenvalue weighted by molar-refractivity contribution is 6.33. The Labute approximate surface area is 149 Å². The molecule has 126 valence electrons. The first-order valence-corrected chi connectivity index (χ1v) is 7.90. The number of methoxy groups -OCH3 is 1. The number of hydrogen-bond acceptors (Lipinski definition) is 4. The lowest BCUT2D eigenvalue weighted by Gasteiger charge is -2.03. The Morgan fingerprint density at radius 2 is 1.96 bits per heavy atom. The number of carbonyl (C=O) groups excluding carboxylic acids is 1. The van der Waals surface area contributed by atoms with Crippen molar-refractivity contribution < 1.29 is 19.1 Å². The normalized spacial score (nSPS) is 11.0. The van der Waals surface area contributed by atoms with Crippen LogP contribution in [0.3, 0.4) is 0 Å². The fourth-order valence-corrected chi connectivity index (χ4v) is 2.57. The topological polar surface area (TPSA) is 59.7 Å². The maximum absolute atomic E-state index is 12.2. The summed E-state index contributed by atoms with van der Waals surface area (Å²) in [6.07, 6.45) is 2.89. The summed E-state index contributed by atoms with van der Waals surface area (Å²) >= 11 is 6.15. The van der Waals surface area contributed by atoms with E-state index in [-0.39, 0.29) is 17.1 Å². The van der Waals surface area contributed by atoms with Gasteiger partial charge < -0.3 is 14.3 Å². The Balaban J connectivity index is 1.79. The standard InChI is InChI=1S/C20H15ClO4/c1-24-14-6-9-16(19(23)12-14)18(22)10-7-13-8-11-20(25-13)15-4-2-3-5-17(15)21/h2-12,23H,1H3. The molecule has 0 atom stereocenters.